The quantitative estimate of drug-likeness (QED) is 0.340. The number of carboxylic acids is 1. The molecule has 236 valence electrons. The van der Waals surface area contributed by atoms with Crippen LogP contribution in [0.25, 0.3) is 0 Å². The predicted octanol–water partition coefficient (Wildman–Crippen LogP) is 3.42. The highest BCUT2D eigenvalue weighted by Crippen LogP contribution is 2.21. The SMILES string of the molecule is CC1CCCCN1Cc1ccc(CNC(=O)C(=O)NCC2(N)CCN(Cc3ccccc3)CC2)cc1.O=C(O)C(F)(F)F. The van der Waals surface area contributed by atoms with E-state index in [0.29, 0.717) is 19.1 Å². The van der Waals surface area contributed by atoms with E-state index in [9.17, 15) is 22.8 Å². The number of nitrogens with zero attached hydrogens (tertiary/aromatic N) is 2. The molecule has 4 rings (SSSR count). The Morgan fingerprint density at radius 3 is 2.02 bits per heavy atom. The Hall–Kier alpha value is -3.48. The molecule has 2 aliphatic rings. The Kier molecular flexibility index (Phi) is 12.5. The van der Waals surface area contributed by atoms with Crippen molar-refractivity contribution in [2.75, 3.05) is 26.2 Å². The fourth-order valence-corrected chi connectivity index (χ4v) is 5.16. The minimum Gasteiger partial charge on any atom is -0.475 e. The van der Waals surface area contributed by atoms with E-state index in [-0.39, 0.29) is 0 Å². The molecule has 0 aromatic heterocycles. The summed E-state index contributed by atoms with van der Waals surface area (Å²) >= 11 is 0. The molecule has 2 aromatic rings. The van der Waals surface area contributed by atoms with Gasteiger partial charge in [0, 0.05) is 50.8 Å². The Balaban J connectivity index is 0.000000646. The van der Waals surface area contributed by atoms with E-state index in [0.717, 1.165) is 51.1 Å². The summed E-state index contributed by atoms with van der Waals surface area (Å²) < 4.78 is 31.7. The van der Waals surface area contributed by atoms with E-state index in [1.165, 1.54) is 30.4 Å². The number of piperidine rings is 2. The van der Waals surface area contributed by atoms with Crippen molar-refractivity contribution in [3.8, 4) is 0 Å². The van der Waals surface area contributed by atoms with Crippen LogP contribution in [0.3, 0.4) is 0 Å². The van der Waals surface area contributed by atoms with Crippen LogP contribution in [0.4, 0.5) is 13.2 Å². The first kappa shape index (κ1) is 34.0. The summed E-state index contributed by atoms with van der Waals surface area (Å²) in [6, 6.07) is 19.3. The molecule has 12 heteroatoms. The van der Waals surface area contributed by atoms with E-state index >= 15 is 0 Å². The number of hydrogen-bond donors (Lipinski definition) is 4. The molecule has 2 aliphatic heterocycles. The molecule has 5 N–H and O–H groups in total. The van der Waals surface area contributed by atoms with Crippen molar-refractivity contribution in [1.29, 1.82) is 0 Å². The lowest BCUT2D eigenvalue weighted by Gasteiger charge is -2.39. The van der Waals surface area contributed by atoms with Crippen LogP contribution in [-0.2, 0) is 34.0 Å². The number of benzene rings is 2. The number of aliphatic carboxylic acids is 1. The van der Waals surface area contributed by atoms with Gasteiger partial charge in [0.2, 0.25) is 0 Å². The number of carbonyl (C=O) groups excluding carboxylic acids is 2. The second-order valence-electron chi connectivity index (χ2n) is 11.4. The monoisotopic (exact) mass is 605 g/mol. The lowest BCUT2D eigenvalue weighted by molar-refractivity contribution is -0.192. The van der Waals surface area contributed by atoms with Crippen LogP contribution in [0.15, 0.2) is 54.6 Å². The summed E-state index contributed by atoms with van der Waals surface area (Å²) in [4.78, 5) is 38.5. The van der Waals surface area contributed by atoms with Gasteiger partial charge >= 0.3 is 24.0 Å². The number of rotatable bonds is 8. The second-order valence-corrected chi connectivity index (χ2v) is 11.4. The third-order valence-electron chi connectivity index (χ3n) is 7.95. The van der Waals surface area contributed by atoms with Crippen LogP contribution in [0.1, 0.15) is 55.7 Å². The molecule has 9 nitrogen and oxygen atoms in total. The van der Waals surface area contributed by atoms with E-state index in [1.807, 2.05) is 18.2 Å². The van der Waals surface area contributed by atoms with Gasteiger partial charge in [-0.2, -0.15) is 13.2 Å². The molecule has 2 amide bonds. The number of amides is 2. The largest absolute Gasteiger partial charge is 0.490 e. The third-order valence-corrected chi connectivity index (χ3v) is 7.95. The van der Waals surface area contributed by atoms with Crippen LogP contribution in [0.2, 0.25) is 0 Å². The van der Waals surface area contributed by atoms with Crippen molar-refractivity contribution >= 4 is 17.8 Å². The topological polar surface area (TPSA) is 128 Å². The zero-order valence-electron chi connectivity index (χ0n) is 24.5. The van der Waals surface area contributed by atoms with Crippen LogP contribution in [0, 0.1) is 0 Å². The van der Waals surface area contributed by atoms with Crippen molar-refractivity contribution in [1.82, 2.24) is 20.4 Å². The van der Waals surface area contributed by atoms with Crippen molar-refractivity contribution in [2.24, 2.45) is 5.73 Å². The minimum absolute atomic E-state index is 0.308. The third kappa shape index (κ3) is 11.6. The fourth-order valence-electron chi connectivity index (χ4n) is 5.16. The number of nitrogens with one attached hydrogen (secondary N) is 2. The van der Waals surface area contributed by atoms with Gasteiger partial charge in [-0.15, -0.1) is 0 Å². The van der Waals surface area contributed by atoms with Gasteiger partial charge in [-0.25, -0.2) is 4.79 Å². The normalized spacial score (nSPS) is 19.0. The average Bonchev–Trinajstić information content (AvgIpc) is 2.98. The lowest BCUT2D eigenvalue weighted by Crippen LogP contribution is -2.57. The average molecular weight is 606 g/mol. The van der Waals surface area contributed by atoms with Gasteiger partial charge in [0.15, 0.2) is 0 Å². The standard InChI is InChI=1S/C29H41N5O2.C2HF3O2/c1-23-7-5-6-16-34(23)21-26-12-10-24(11-13-26)19-31-27(35)28(36)32-22-29(30)14-17-33(18-15-29)20-25-8-3-2-4-9-25;3-2(4,5)1(6)7/h2-4,8-13,23H,5-7,14-22,30H2,1H3,(H,31,35)(H,32,36);(H,6,7). The first-order valence-corrected chi connectivity index (χ1v) is 14.6. The summed E-state index contributed by atoms with van der Waals surface area (Å²) in [6.45, 7) is 7.71. The maximum Gasteiger partial charge on any atom is 0.490 e. The molecule has 0 saturated carbocycles. The van der Waals surface area contributed by atoms with Gasteiger partial charge in [0.05, 0.1) is 0 Å². The molecule has 0 spiro atoms. The molecular formula is C31H42F3N5O4. The highest BCUT2D eigenvalue weighted by Gasteiger charge is 2.38. The Morgan fingerprint density at radius 1 is 0.884 bits per heavy atom. The van der Waals surface area contributed by atoms with Crippen molar-refractivity contribution < 1.29 is 32.7 Å². The first-order valence-electron chi connectivity index (χ1n) is 14.6. The summed E-state index contributed by atoms with van der Waals surface area (Å²) in [7, 11) is 0. The van der Waals surface area contributed by atoms with E-state index in [2.05, 4.69) is 63.8 Å². The van der Waals surface area contributed by atoms with Crippen molar-refractivity contribution in [3.63, 3.8) is 0 Å². The van der Waals surface area contributed by atoms with Gasteiger partial charge in [-0.1, -0.05) is 61.0 Å². The zero-order chi connectivity index (χ0) is 31.5. The summed E-state index contributed by atoms with van der Waals surface area (Å²) in [5.41, 5.74) is 9.61. The molecular weight excluding hydrogens is 563 g/mol. The lowest BCUT2D eigenvalue weighted by atomic mass is 9.88. The van der Waals surface area contributed by atoms with Gasteiger partial charge in [-0.3, -0.25) is 19.4 Å². The summed E-state index contributed by atoms with van der Waals surface area (Å²) in [6.07, 6.45) is 0.344. The first-order chi connectivity index (χ1) is 20.3. The Labute approximate surface area is 250 Å². The molecule has 0 radical (unpaired) electrons. The molecule has 2 fully saturated rings. The van der Waals surface area contributed by atoms with Crippen molar-refractivity contribution in [2.45, 2.75) is 76.4 Å². The molecule has 2 saturated heterocycles. The summed E-state index contributed by atoms with van der Waals surface area (Å²) in [5, 5.41) is 12.6. The highest BCUT2D eigenvalue weighted by atomic mass is 19.4. The number of carbonyl (C=O) groups is 3. The van der Waals surface area contributed by atoms with Gasteiger partial charge < -0.3 is 21.5 Å². The number of alkyl halides is 3. The minimum atomic E-state index is -5.08. The molecule has 0 bridgehead atoms. The molecule has 2 aromatic carbocycles. The number of likely N-dealkylation sites (tertiary alicyclic amines) is 2. The van der Waals surface area contributed by atoms with Crippen LogP contribution in [-0.4, -0.2) is 76.6 Å². The maximum absolute atomic E-state index is 12.4. The van der Waals surface area contributed by atoms with Crippen LogP contribution >= 0.6 is 0 Å². The van der Waals surface area contributed by atoms with Crippen LogP contribution in [0.5, 0.6) is 0 Å². The van der Waals surface area contributed by atoms with Crippen LogP contribution < -0.4 is 16.4 Å². The van der Waals surface area contributed by atoms with E-state index in [1.54, 1.807) is 0 Å². The molecule has 0 aliphatic carbocycles. The number of nitrogens with two attached hydrogens (primary N) is 1. The molecule has 2 heterocycles. The van der Waals surface area contributed by atoms with E-state index < -0.39 is 29.5 Å². The highest BCUT2D eigenvalue weighted by molar-refractivity contribution is 6.35. The molecule has 1 atom stereocenters. The van der Waals surface area contributed by atoms with E-state index in [4.69, 9.17) is 15.6 Å². The maximum atomic E-state index is 12.4. The van der Waals surface area contributed by atoms with Gasteiger partial charge in [0.25, 0.3) is 0 Å². The smallest absolute Gasteiger partial charge is 0.475 e. The molecule has 1 unspecified atom stereocenters. The number of halogens is 3. The Bertz CT molecular complexity index is 1190. The second kappa shape index (κ2) is 15.8. The van der Waals surface area contributed by atoms with Gasteiger partial charge in [0.1, 0.15) is 0 Å². The number of carboxylic acid groups (broad SMARTS) is 1. The summed E-state index contributed by atoms with van der Waals surface area (Å²) in [5.74, 6) is -4.00. The zero-order valence-corrected chi connectivity index (χ0v) is 24.5. The fraction of sp³-hybridized carbons (Fsp3) is 0.516. The Morgan fingerprint density at radius 2 is 1.44 bits per heavy atom. The predicted molar refractivity (Wildman–Crippen MR) is 157 cm³/mol. The number of hydrogen-bond acceptors (Lipinski definition) is 6. The van der Waals surface area contributed by atoms with Crippen molar-refractivity contribution in [3.05, 3.63) is 71.3 Å². The molecule has 43 heavy (non-hydrogen) atoms. The van der Waals surface area contributed by atoms with Gasteiger partial charge in [-0.05, 0) is 55.8 Å².